The molecule has 1 unspecified atom stereocenters. The molecule has 0 bridgehead atoms. The third-order valence-electron chi connectivity index (χ3n) is 12.0. The Bertz CT molecular complexity index is 2300. The van der Waals surface area contributed by atoms with Gasteiger partial charge in [-0.2, -0.15) is 13.2 Å². The quantitative estimate of drug-likeness (QED) is 0.0501. The summed E-state index contributed by atoms with van der Waals surface area (Å²) in [6, 6.07) is 6.81. The van der Waals surface area contributed by atoms with Gasteiger partial charge in [0, 0.05) is 35.2 Å². The number of unbranched alkanes of at least 4 members (excludes halogenated alkanes) is 3. The van der Waals surface area contributed by atoms with Gasteiger partial charge in [-0.15, -0.1) is 0 Å². The molecule has 3 aliphatic heterocycles. The van der Waals surface area contributed by atoms with Crippen LogP contribution in [0.2, 0.25) is 0 Å². The van der Waals surface area contributed by atoms with Crippen molar-refractivity contribution in [1.82, 2.24) is 25.1 Å². The first-order valence-corrected chi connectivity index (χ1v) is 20.5. The minimum absolute atomic E-state index is 0.0153. The molecule has 2 saturated heterocycles. The molecule has 3 aliphatic rings. The molecule has 0 saturated carbocycles. The minimum atomic E-state index is -4.54. The second-order valence-corrected chi connectivity index (χ2v) is 16.1. The third kappa shape index (κ3) is 8.98. The van der Waals surface area contributed by atoms with Crippen molar-refractivity contribution >= 4 is 40.1 Å². The summed E-state index contributed by atoms with van der Waals surface area (Å²) in [5.41, 5.74) is 8.90. The van der Waals surface area contributed by atoms with Gasteiger partial charge in [-0.3, -0.25) is 19.7 Å². The van der Waals surface area contributed by atoms with Crippen molar-refractivity contribution in [1.29, 1.82) is 0 Å². The molecule has 4 heterocycles. The number of rotatable bonds is 14. The summed E-state index contributed by atoms with van der Waals surface area (Å²) < 4.78 is 67.2. The van der Waals surface area contributed by atoms with Gasteiger partial charge in [0.05, 0.1) is 31.3 Å². The van der Waals surface area contributed by atoms with Gasteiger partial charge >= 0.3 is 6.18 Å². The summed E-state index contributed by atoms with van der Waals surface area (Å²) in [5.74, 6) is 0.452. The number of amides is 3. The normalized spacial score (nSPS) is 18.2. The van der Waals surface area contributed by atoms with Gasteiger partial charge in [-0.1, -0.05) is 12.8 Å². The molecule has 4 aromatic rings. The number of carbonyl (C=O) groups excluding carboxylic acids is 3. The van der Waals surface area contributed by atoms with Gasteiger partial charge in [-0.25, -0.2) is 14.4 Å². The van der Waals surface area contributed by atoms with Gasteiger partial charge in [0.15, 0.2) is 11.5 Å². The summed E-state index contributed by atoms with van der Waals surface area (Å²) in [7, 11) is 3.14. The Morgan fingerprint density at radius 1 is 0.967 bits per heavy atom. The van der Waals surface area contributed by atoms with E-state index in [2.05, 4.69) is 20.5 Å². The molecule has 16 heteroatoms. The molecule has 2 fully saturated rings. The number of carbonyl (C=O) groups is 3. The van der Waals surface area contributed by atoms with Crippen LogP contribution in [0.25, 0.3) is 10.9 Å². The fraction of sp³-hybridized carbons (Fsp3) is 0.477. The van der Waals surface area contributed by atoms with E-state index >= 15 is 0 Å². The standard InChI is InChI=1S/C44H51F4N7O5/c1-24(27-17-28(44(46,47)48)19-30(49)18-27)50-41-34-22-37(59-3)40(60-4)31(39(34)51-25(2)52-41)9-7-5-6-8-14-54-15-12-26(13-16-54)32-20-29(45)21-33-35(32)23-55(43(33)58)36-10-11-38(56)53-42(36)57/h17-22,24,26,36H,5-16,23,49H2,1-4H3,(H,50,51,52)(H,53,56,57)/t24-,36?/m0/s1. The number of nitrogens with one attached hydrogen (secondary N) is 2. The van der Waals surface area contributed by atoms with Crippen LogP contribution in [-0.4, -0.2) is 77.4 Å². The zero-order valence-corrected chi connectivity index (χ0v) is 34.3. The first-order valence-electron chi connectivity index (χ1n) is 20.5. The van der Waals surface area contributed by atoms with Crippen molar-refractivity contribution in [3.05, 3.63) is 81.4 Å². The lowest BCUT2D eigenvalue weighted by molar-refractivity contribution is -0.138. The van der Waals surface area contributed by atoms with E-state index in [9.17, 15) is 31.9 Å². The first-order chi connectivity index (χ1) is 28.6. The number of hydrogen-bond acceptors (Lipinski definition) is 10. The van der Waals surface area contributed by atoms with Crippen LogP contribution in [0.5, 0.6) is 11.5 Å². The molecular weight excluding hydrogens is 783 g/mol. The lowest BCUT2D eigenvalue weighted by Gasteiger charge is -2.33. The van der Waals surface area contributed by atoms with E-state index in [1.165, 1.54) is 17.0 Å². The van der Waals surface area contributed by atoms with E-state index in [-0.39, 0.29) is 42.8 Å². The molecule has 0 radical (unpaired) electrons. The van der Waals surface area contributed by atoms with E-state index in [4.69, 9.17) is 20.2 Å². The Hall–Kier alpha value is -5.51. The van der Waals surface area contributed by atoms with E-state index < -0.39 is 35.5 Å². The number of aryl methyl sites for hydroxylation is 2. The Balaban J connectivity index is 0.950. The van der Waals surface area contributed by atoms with Crippen molar-refractivity contribution in [2.75, 3.05) is 44.9 Å². The fourth-order valence-electron chi connectivity index (χ4n) is 8.97. The minimum Gasteiger partial charge on any atom is -0.493 e. The average Bonchev–Trinajstić information content (AvgIpc) is 3.53. The van der Waals surface area contributed by atoms with Crippen molar-refractivity contribution in [3.63, 3.8) is 0 Å². The smallest absolute Gasteiger partial charge is 0.416 e. The van der Waals surface area contributed by atoms with Crippen molar-refractivity contribution in [3.8, 4) is 11.5 Å². The van der Waals surface area contributed by atoms with E-state index in [1.807, 2.05) is 0 Å². The van der Waals surface area contributed by atoms with Crippen LogP contribution in [-0.2, 0) is 28.7 Å². The molecule has 3 aromatic carbocycles. The van der Waals surface area contributed by atoms with Gasteiger partial charge in [0.1, 0.15) is 23.5 Å². The van der Waals surface area contributed by atoms with Crippen molar-refractivity contribution < 1.29 is 41.4 Å². The maximum atomic E-state index is 14.9. The maximum Gasteiger partial charge on any atom is 0.416 e. The lowest BCUT2D eigenvalue weighted by Crippen LogP contribution is -2.52. The van der Waals surface area contributed by atoms with E-state index in [1.54, 1.807) is 40.2 Å². The monoisotopic (exact) mass is 833 g/mol. The maximum absolute atomic E-state index is 14.9. The number of fused-ring (bicyclic) bond motifs is 2. The molecule has 60 heavy (non-hydrogen) atoms. The number of imide groups is 1. The molecule has 0 aliphatic carbocycles. The largest absolute Gasteiger partial charge is 0.493 e. The second-order valence-electron chi connectivity index (χ2n) is 16.1. The average molecular weight is 834 g/mol. The molecule has 4 N–H and O–H groups in total. The Morgan fingerprint density at radius 2 is 1.72 bits per heavy atom. The van der Waals surface area contributed by atoms with Gasteiger partial charge in [0.2, 0.25) is 11.8 Å². The second kappa shape index (κ2) is 17.6. The number of likely N-dealkylation sites (tertiary alicyclic amines) is 1. The summed E-state index contributed by atoms with van der Waals surface area (Å²) in [5, 5.41) is 6.27. The molecular formula is C44H51F4N7O5. The number of nitrogens with zero attached hydrogens (tertiary/aromatic N) is 4. The predicted octanol–water partition coefficient (Wildman–Crippen LogP) is 7.61. The van der Waals surface area contributed by atoms with Gasteiger partial charge < -0.3 is 30.3 Å². The van der Waals surface area contributed by atoms with E-state index in [0.29, 0.717) is 51.6 Å². The first kappa shape index (κ1) is 42.6. The molecule has 0 spiro atoms. The summed E-state index contributed by atoms with van der Waals surface area (Å²) in [6.07, 6.45) is 1.99. The number of piperidine rings is 2. The number of hydrogen-bond donors (Lipinski definition) is 3. The molecule has 320 valence electrons. The highest BCUT2D eigenvalue weighted by molar-refractivity contribution is 6.05. The van der Waals surface area contributed by atoms with Crippen molar-refractivity contribution in [2.45, 2.75) is 102 Å². The number of nitrogens with two attached hydrogens (primary N) is 1. The van der Waals surface area contributed by atoms with Gasteiger partial charge in [0.25, 0.3) is 5.91 Å². The number of alkyl halides is 3. The highest BCUT2D eigenvalue weighted by atomic mass is 19.4. The number of aromatic nitrogens is 2. The lowest BCUT2D eigenvalue weighted by atomic mass is 9.85. The highest BCUT2D eigenvalue weighted by Crippen LogP contribution is 2.42. The van der Waals surface area contributed by atoms with Crippen LogP contribution in [0.1, 0.15) is 114 Å². The molecule has 3 amide bonds. The zero-order chi connectivity index (χ0) is 42.9. The molecule has 12 nitrogen and oxygen atoms in total. The van der Waals surface area contributed by atoms with Crippen LogP contribution < -0.4 is 25.8 Å². The van der Waals surface area contributed by atoms with Gasteiger partial charge in [-0.05, 0) is 131 Å². The highest BCUT2D eigenvalue weighted by Gasteiger charge is 2.41. The van der Waals surface area contributed by atoms with Crippen molar-refractivity contribution in [2.24, 2.45) is 0 Å². The molecule has 1 aromatic heterocycles. The Morgan fingerprint density at radius 3 is 2.42 bits per heavy atom. The van der Waals surface area contributed by atoms with Crippen LogP contribution >= 0.6 is 0 Å². The number of methoxy groups -OCH3 is 2. The number of ether oxygens (including phenoxy) is 2. The molecule has 7 rings (SSSR count). The zero-order valence-electron chi connectivity index (χ0n) is 34.3. The summed E-state index contributed by atoms with van der Waals surface area (Å²) in [4.78, 5) is 50.9. The van der Waals surface area contributed by atoms with Crippen LogP contribution in [0.15, 0.2) is 36.4 Å². The third-order valence-corrected chi connectivity index (χ3v) is 12.0. The van der Waals surface area contributed by atoms with E-state index in [0.717, 1.165) is 87.0 Å². The number of nitrogen functional groups attached to an aromatic ring is 1. The van der Waals surface area contributed by atoms with Crippen LogP contribution in [0.3, 0.4) is 0 Å². The number of anilines is 2. The topological polar surface area (TPSA) is 152 Å². The van der Waals surface area contributed by atoms with Crippen LogP contribution in [0, 0.1) is 12.7 Å². The fourth-order valence-corrected chi connectivity index (χ4v) is 8.97. The number of benzene rings is 3. The summed E-state index contributed by atoms with van der Waals surface area (Å²) in [6.45, 7) is 6.38. The SMILES string of the molecule is COc1cc2c(N[C@@H](C)c3cc(N)cc(C(F)(F)F)c3)nc(C)nc2c(CCCCCCN2CCC(c3cc(F)cc4c3CN(C3CCC(=O)NC3=O)C4=O)CC2)c1OC. The van der Waals surface area contributed by atoms with Crippen LogP contribution in [0.4, 0.5) is 29.1 Å². The predicted molar refractivity (Wildman–Crippen MR) is 218 cm³/mol. The molecule has 2 atom stereocenters. The number of halogens is 4. The Labute approximate surface area is 346 Å². The summed E-state index contributed by atoms with van der Waals surface area (Å²) >= 11 is 0. The Kier molecular flexibility index (Phi) is 12.5.